The van der Waals surface area contributed by atoms with Crippen LogP contribution in [0.4, 0.5) is 0 Å². The number of nitrogens with zero attached hydrogens (tertiary/aromatic N) is 3. The van der Waals surface area contributed by atoms with Gasteiger partial charge in [-0.1, -0.05) is 72.5 Å². The Morgan fingerprint density at radius 1 is 0.580 bits per heavy atom. The molecule has 0 aliphatic rings. The molecule has 0 unspecified atom stereocenters. The molecule has 7 nitrogen and oxygen atoms in total. The van der Waals surface area contributed by atoms with Crippen LogP contribution in [0.5, 0.6) is 0 Å². The predicted molar refractivity (Wildman–Crippen MR) is 196 cm³/mol. The van der Waals surface area contributed by atoms with Crippen LogP contribution >= 0.6 is 0 Å². The Labute approximate surface area is 286 Å². The molecule has 0 saturated heterocycles. The van der Waals surface area contributed by atoms with E-state index in [9.17, 15) is 19.8 Å². The monoisotopic (exact) mass is 649 g/mol. The molecular weight excluding hydrogens is 622 g/mol. The van der Waals surface area contributed by atoms with Crippen molar-refractivity contribution in [3.63, 3.8) is 0 Å². The summed E-state index contributed by atoms with van der Waals surface area (Å²) in [5.74, 6) is 4.39. The molecule has 50 heavy (non-hydrogen) atoms. The van der Waals surface area contributed by atoms with Gasteiger partial charge in [-0.25, -0.2) is 14.6 Å². The average Bonchev–Trinajstić information content (AvgIpc) is 3.13. The standard InChI is InChI=1S/C43H27N3O4/c1-24-4-3-5-25(2)39(24)33-14-11-29-10-13-32-27(8-9-28-12-15-34(33)41(29)40(28)32)7-6-26-16-18-44-35(20-26)37-22-31(43(49)50)23-38(46-37)36-21-30(42(47)48)17-19-45-36/h3-5,8-23H,1-2H3,(H,47,48)(H,49,50). The number of pyridine rings is 3. The highest BCUT2D eigenvalue weighted by Crippen LogP contribution is 2.41. The van der Waals surface area contributed by atoms with Crippen LogP contribution in [0.1, 0.15) is 43.0 Å². The van der Waals surface area contributed by atoms with Gasteiger partial charge in [-0.2, -0.15) is 0 Å². The number of carboxylic acid groups (broad SMARTS) is 2. The van der Waals surface area contributed by atoms with Crippen molar-refractivity contribution in [2.45, 2.75) is 13.8 Å². The summed E-state index contributed by atoms with van der Waals surface area (Å²) in [5.41, 5.74) is 7.70. The summed E-state index contributed by atoms with van der Waals surface area (Å²) in [6.07, 6.45) is 2.96. The fourth-order valence-electron chi connectivity index (χ4n) is 6.78. The molecule has 0 bridgehead atoms. The van der Waals surface area contributed by atoms with Gasteiger partial charge in [0.1, 0.15) is 0 Å². The Morgan fingerprint density at radius 3 is 1.86 bits per heavy atom. The SMILES string of the molecule is Cc1cccc(C)c1-c1ccc2ccc3c(C#Cc4ccnc(-c5cc(C(=O)O)cc(-c6cc(C(=O)O)ccn6)n5)c4)ccc4ccc1c2c43. The molecule has 0 aliphatic heterocycles. The first-order valence-electron chi connectivity index (χ1n) is 16.0. The maximum absolute atomic E-state index is 12.0. The molecule has 3 heterocycles. The molecule has 8 rings (SSSR count). The summed E-state index contributed by atoms with van der Waals surface area (Å²) in [6, 6.07) is 32.8. The van der Waals surface area contributed by atoms with Crippen LogP contribution in [0.15, 0.2) is 116 Å². The largest absolute Gasteiger partial charge is 0.478 e. The molecule has 3 aromatic heterocycles. The van der Waals surface area contributed by atoms with Crippen molar-refractivity contribution in [3.05, 3.63) is 149 Å². The van der Waals surface area contributed by atoms with Gasteiger partial charge >= 0.3 is 11.9 Å². The molecule has 238 valence electrons. The molecular formula is C43H27N3O4. The van der Waals surface area contributed by atoms with E-state index in [0.29, 0.717) is 17.0 Å². The zero-order valence-corrected chi connectivity index (χ0v) is 27.0. The van der Waals surface area contributed by atoms with Gasteiger partial charge in [0.25, 0.3) is 0 Å². The number of benzene rings is 5. The molecule has 0 radical (unpaired) electrons. The van der Waals surface area contributed by atoms with Gasteiger partial charge in [-0.15, -0.1) is 0 Å². The highest BCUT2D eigenvalue weighted by Gasteiger charge is 2.17. The first-order valence-corrected chi connectivity index (χ1v) is 16.0. The summed E-state index contributed by atoms with van der Waals surface area (Å²) in [4.78, 5) is 36.9. The number of hydrogen-bond acceptors (Lipinski definition) is 5. The maximum Gasteiger partial charge on any atom is 0.335 e. The van der Waals surface area contributed by atoms with Crippen LogP contribution in [0.25, 0.3) is 66.2 Å². The lowest BCUT2D eigenvalue weighted by Gasteiger charge is -2.17. The summed E-state index contributed by atoms with van der Waals surface area (Å²) in [5, 5.41) is 26.3. The Hall–Kier alpha value is -6.91. The van der Waals surface area contributed by atoms with E-state index in [-0.39, 0.29) is 22.5 Å². The molecule has 0 atom stereocenters. The number of aromatic carboxylic acids is 2. The zero-order valence-electron chi connectivity index (χ0n) is 27.0. The normalized spacial score (nSPS) is 11.2. The van der Waals surface area contributed by atoms with Crippen LogP contribution in [0, 0.1) is 25.7 Å². The van der Waals surface area contributed by atoms with E-state index < -0.39 is 11.9 Å². The van der Waals surface area contributed by atoms with Crippen LogP contribution in [0.3, 0.4) is 0 Å². The van der Waals surface area contributed by atoms with Crippen molar-refractivity contribution in [2.24, 2.45) is 0 Å². The lowest BCUT2D eigenvalue weighted by molar-refractivity contribution is 0.0686. The fourth-order valence-corrected chi connectivity index (χ4v) is 6.78. The predicted octanol–water partition coefficient (Wildman–Crippen LogP) is 9.18. The third kappa shape index (κ3) is 5.26. The smallest absolute Gasteiger partial charge is 0.335 e. The molecule has 0 saturated carbocycles. The molecule has 2 N–H and O–H groups in total. The minimum absolute atomic E-state index is 0.0168. The van der Waals surface area contributed by atoms with Crippen LogP contribution < -0.4 is 0 Å². The average molecular weight is 650 g/mol. The molecule has 0 amide bonds. The minimum Gasteiger partial charge on any atom is -0.478 e. The number of rotatable bonds is 5. The van der Waals surface area contributed by atoms with E-state index >= 15 is 0 Å². The Morgan fingerprint density at radius 2 is 1.16 bits per heavy atom. The Bertz CT molecular complexity index is 2740. The van der Waals surface area contributed by atoms with E-state index in [1.54, 1.807) is 18.3 Å². The summed E-state index contributed by atoms with van der Waals surface area (Å²) < 4.78 is 0. The van der Waals surface area contributed by atoms with E-state index in [4.69, 9.17) is 0 Å². The Kier molecular flexibility index (Phi) is 7.28. The topological polar surface area (TPSA) is 113 Å². The summed E-state index contributed by atoms with van der Waals surface area (Å²) in [7, 11) is 0. The van der Waals surface area contributed by atoms with Crippen LogP contribution in [0.2, 0.25) is 0 Å². The van der Waals surface area contributed by atoms with Crippen molar-refractivity contribution < 1.29 is 19.8 Å². The van der Waals surface area contributed by atoms with Crippen molar-refractivity contribution in [1.82, 2.24) is 15.0 Å². The third-order valence-electron chi connectivity index (χ3n) is 9.12. The first-order chi connectivity index (χ1) is 24.2. The van der Waals surface area contributed by atoms with Gasteiger partial charge in [0.05, 0.1) is 33.9 Å². The van der Waals surface area contributed by atoms with Gasteiger partial charge in [0, 0.05) is 23.5 Å². The maximum atomic E-state index is 12.0. The molecule has 0 aliphatic carbocycles. The molecule has 5 aromatic carbocycles. The van der Waals surface area contributed by atoms with Crippen molar-refractivity contribution >= 4 is 44.3 Å². The van der Waals surface area contributed by atoms with Crippen molar-refractivity contribution in [3.8, 4) is 45.7 Å². The van der Waals surface area contributed by atoms with Gasteiger partial charge in [0.2, 0.25) is 0 Å². The highest BCUT2D eigenvalue weighted by molar-refractivity contribution is 6.26. The van der Waals surface area contributed by atoms with Gasteiger partial charge in [-0.3, -0.25) is 9.97 Å². The zero-order chi connectivity index (χ0) is 34.5. The molecule has 0 fully saturated rings. The van der Waals surface area contributed by atoms with Gasteiger partial charge in [-0.05, 0) is 111 Å². The van der Waals surface area contributed by atoms with Crippen LogP contribution in [-0.4, -0.2) is 37.1 Å². The summed E-state index contributed by atoms with van der Waals surface area (Å²) >= 11 is 0. The van der Waals surface area contributed by atoms with E-state index in [0.717, 1.165) is 16.3 Å². The van der Waals surface area contributed by atoms with Crippen LogP contribution in [-0.2, 0) is 0 Å². The number of carboxylic acids is 2. The number of aromatic nitrogens is 3. The number of aryl methyl sites for hydroxylation is 2. The second-order valence-electron chi connectivity index (χ2n) is 12.3. The van der Waals surface area contributed by atoms with E-state index in [1.165, 1.54) is 74.3 Å². The minimum atomic E-state index is -1.16. The second kappa shape index (κ2) is 12.0. The second-order valence-corrected chi connectivity index (χ2v) is 12.3. The lowest BCUT2D eigenvalue weighted by atomic mass is 9.86. The summed E-state index contributed by atoms with van der Waals surface area (Å²) in [6.45, 7) is 4.32. The number of hydrogen-bond donors (Lipinski definition) is 2. The first kappa shape index (κ1) is 30.4. The van der Waals surface area contributed by atoms with E-state index in [2.05, 4.69) is 101 Å². The third-order valence-corrected chi connectivity index (χ3v) is 9.12. The highest BCUT2D eigenvalue weighted by atomic mass is 16.4. The molecule has 7 heteroatoms. The fraction of sp³-hybridized carbons (Fsp3) is 0.0465. The number of carbonyl (C=O) groups is 2. The Balaban J connectivity index is 1.22. The van der Waals surface area contributed by atoms with Crippen molar-refractivity contribution in [1.29, 1.82) is 0 Å². The van der Waals surface area contributed by atoms with Gasteiger partial charge < -0.3 is 10.2 Å². The van der Waals surface area contributed by atoms with Crippen molar-refractivity contribution in [2.75, 3.05) is 0 Å². The van der Waals surface area contributed by atoms with Gasteiger partial charge in [0.15, 0.2) is 0 Å². The quantitative estimate of drug-likeness (QED) is 0.141. The lowest BCUT2D eigenvalue weighted by Crippen LogP contribution is -2.02. The molecule has 8 aromatic rings. The molecule has 0 spiro atoms. The van der Waals surface area contributed by atoms with E-state index in [1.807, 2.05) is 6.07 Å².